The lowest BCUT2D eigenvalue weighted by atomic mass is 10.1. The Morgan fingerprint density at radius 2 is 2.21 bits per heavy atom. The number of hydrazone groups is 1. The summed E-state index contributed by atoms with van der Waals surface area (Å²) in [5.41, 5.74) is 1.84. The molecule has 0 saturated carbocycles. The smallest absolute Gasteiger partial charge is 0.260 e. The number of nitrogens with two attached hydrogens (primary N) is 2. The molecule has 12 heteroatoms. The van der Waals surface area contributed by atoms with E-state index in [0.717, 1.165) is 23.5 Å². The number of aromatic nitrogens is 1. The molecule has 0 radical (unpaired) electrons. The van der Waals surface area contributed by atoms with Crippen LogP contribution in [0.2, 0.25) is 0 Å². The number of carbonyl (C=O) groups excluding carboxylic acids is 1. The summed E-state index contributed by atoms with van der Waals surface area (Å²) in [5, 5.41) is 17.1. The molecule has 1 aromatic heterocycles. The van der Waals surface area contributed by atoms with E-state index in [9.17, 15) is 9.90 Å². The van der Waals surface area contributed by atoms with Crippen LogP contribution in [0.3, 0.4) is 0 Å². The Morgan fingerprint density at radius 3 is 2.88 bits per heavy atom. The van der Waals surface area contributed by atoms with Crippen LogP contribution in [0.5, 0.6) is 5.75 Å². The molecule has 1 unspecified atom stereocenters. The van der Waals surface area contributed by atoms with E-state index in [1.165, 1.54) is 12.1 Å². The number of nitrogens with zero attached hydrogens (tertiary/aromatic N) is 4. The van der Waals surface area contributed by atoms with E-state index >= 15 is 0 Å². The van der Waals surface area contributed by atoms with Crippen LogP contribution in [0.4, 0.5) is 5.82 Å². The number of anilines is 1. The number of pyridine rings is 1. The molecular weight excluding hydrogens is 446 g/mol. The van der Waals surface area contributed by atoms with Crippen LogP contribution in [-0.2, 0) is 11.3 Å². The second-order valence-electron chi connectivity index (χ2n) is 7.36. The summed E-state index contributed by atoms with van der Waals surface area (Å²) in [5.74, 6) is 12.1. The van der Waals surface area contributed by atoms with Gasteiger partial charge in [-0.3, -0.25) is 9.80 Å². The molecule has 6 N–H and O–H groups in total. The topological polar surface area (TPSA) is 152 Å². The number of amidine groups is 1. The Balaban J connectivity index is 1.80. The standard InChI is InChI=1S/C21H29N7O4S/c1-13(12-29)28(23)20(26-22)16-5-4-6-19(24-16)25-21(30)15-10-18-14(9-17(15)32-3)11-27(33-18)7-8-31-2/h4-6,9-10,13,29H,7-8,11-12,22-23H2,1-3H3,(H,24,25,30)/b26-20-. The van der Waals surface area contributed by atoms with Gasteiger partial charge in [0.2, 0.25) is 0 Å². The van der Waals surface area contributed by atoms with Crippen LogP contribution in [-0.4, -0.2) is 71.2 Å². The highest BCUT2D eigenvalue weighted by atomic mass is 32.2. The van der Waals surface area contributed by atoms with Crippen molar-refractivity contribution in [2.45, 2.75) is 24.4 Å². The van der Waals surface area contributed by atoms with Gasteiger partial charge in [0.15, 0.2) is 5.84 Å². The van der Waals surface area contributed by atoms with Crippen molar-refractivity contribution in [3.8, 4) is 5.75 Å². The molecule has 11 nitrogen and oxygen atoms in total. The maximum Gasteiger partial charge on any atom is 0.260 e. The van der Waals surface area contributed by atoms with Gasteiger partial charge in [0.25, 0.3) is 5.91 Å². The average Bonchev–Trinajstić information content (AvgIpc) is 3.23. The van der Waals surface area contributed by atoms with Gasteiger partial charge in [-0.2, -0.15) is 5.10 Å². The largest absolute Gasteiger partial charge is 0.496 e. The Kier molecular flexibility index (Phi) is 8.47. The molecule has 0 bridgehead atoms. The van der Waals surface area contributed by atoms with Gasteiger partial charge in [-0.25, -0.2) is 15.1 Å². The van der Waals surface area contributed by atoms with Gasteiger partial charge < -0.3 is 25.7 Å². The predicted octanol–water partition coefficient (Wildman–Crippen LogP) is 0.988. The van der Waals surface area contributed by atoms with Crippen LogP contribution in [0.1, 0.15) is 28.5 Å². The number of amides is 1. The van der Waals surface area contributed by atoms with Crippen molar-refractivity contribution in [3.63, 3.8) is 0 Å². The molecule has 2 aromatic rings. The quantitative estimate of drug-likeness (QED) is 0.136. The summed E-state index contributed by atoms with van der Waals surface area (Å²) in [7, 11) is 3.20. The fourth-order valence-corrected chi connectivity index (χ4v) is 4.27. The van der Waals surface area contributed by atoms with Gasteiger partial charge in [-0.15, -0.1) is 0 Å². The molecule has 0 aliphatic carbocycles. The normalized spacial score (nSPS) is 14.6. The maximum atomic E-state index is 13.1. The molecular formula is C21H29N7O4S. The molecule has 2 heterocycles. The molecule has 1 aromatic carbocycles. The molecule has 0 spiro atoms. The third kappa shape index (κ3) is 5.72. The fourth-order valence-electron chi connectivity index (χ4n) is 3.21. The molecule has 1 aliphatic rings. The number of hydrogen-bond donors (Lipinski definition) is 4. The zero-order chi connectivity index (χ0) is 24.0. The first kappa shape index (κ1) is 24.7. The second-order valence-corrected chi connectivity index (χ2v) is 8.50. The predicted molar refractivity (Wildman–Crippen MR) is 127 cm³/mol. The minimum atomic E-state index is -0.427. The summed E-state index contributed by atoms with van der Waals surface area (Å²) in [4.78, 5) is 18.5. The summed E-state index contributed by atoms with van der Waals surface area (Å²) >= 11 is 1.58. The number of carbonyl (C=O) groups is 1. The monoisotopic (exact) mass is 475 g/mol. The van der Waals surface area contributed by atoms with E-state index in [0.29, 0.717) is 29.4 Å². The van der Waals surface area contributed by atoms with Crippen molar-refractivity contribution in [2.75, 3.05) is 39.3 Å². The van der Waals surface area contributed by atoms with E-state index in [4.69, 9.17) is 21.2 Å². The van der Waals surface area contributed by atoms with Crippen molar-refractivity contribution < 1.29 is 19.4 Å². The van der Waals surface area contributed by atoms with Crippen molar-refractivity contribution in [1.82, 2.24) is 14.3 Å². The zero-order valence-corrected chi connectivity index (χ0v) is 19.6. The number of hydrogen-bond acceptors (Lipinski definition) is 10. The number of aliphatic hydroxyl groups excluding tert-OH is 1. The van der Waals surface area contributed by atoms with Gasteiger partial charge in [0.05, 0.1) is 31.9 Å². The van der Waals surface area contributed by atoms with Crippen molar-refractivity contribution >= 4 is 29.5 Å². The van der Waals surface area contributed by atoms with Gasteiger partial charge >= 0.3 is 0 Å². The number of methoxy groups -OCH3 is 2. The van der Waals surface area contributed by atoms with E-state index in [2.05, 4.69) is 19.7 Å². The molecule has 3 rings (SSSR count). The highest BCUT2D eigenvalue weighted by Gasteiger charge is 2.25. The van der Waals surface area contributed by atoms with Crippen LogP contribution in [0.25, 0.3) is 0 Å². The van der Waals surface area contributed by atoms with Gasteiger partial charge in [0, 0.05) is 25.1 Å². The van der Waals surface area contributed by atoms with Gasteiger partial charge in [-0.1, -0.05) is 6.07 Å². The lowest BCUT2D eigenvalue weighted by Crippen LogP contribution is -2.47. The minimum Gasteiger partial charge on any atom is -0.496 e. The molecule has 178 valence electrons. The van der Waals surface area contributed by atoms with E-state index < -0.39 is 6.04 Å². The minimum absolute atomic E-state index is 0.176. The summed E-state index contributed by atoms with van der Waals surface area (Å²) in [6, 6.07) is 8.28. The molecule has 0 fully saturated rings. The molecule has 0 saturated heterocycles. The number of hydrazine groups is 1. The van der Waals surface area contributed by atoms with E-state index in [1.54, 1.807) is 44.2 Å². The van der Waals surface area contributed by atoms with E-state index in [1.807, 2.05) is 12.1 Å². The Hall–Kier alpha value is -2.90. The number of rotatable bonds is 9. The second kappa shape index (κ2) is 11.3. The molecule has 1 atom stereocenters. The first-order valence-electron chi connectivity index (χ1n) is 10.3. The SMILES string of the molecule is COCCN1Cc2cc(OC)c(C(=O)Nc3cccc(/C(=N/N)N(N)C(C)CO)n3)cc2S1. The summed E-state index contributed by atoms with van der Waals surface area (Å²) in [6.07, 6.45) is 0. The van der Waals surface area contributed by atoms with Crippen LogP contribution in [0, 0.1) is 0 Å². The first-order valence-corrected chi connectivity index (χ1v) is 11.0. The first-order chi connectivity index (χ1) is 15.9. The number of fused-ring (bicyclic) bond motifs is 1. The Labute approximate surface area is 196 Å². The van der Waals surface area contributed by atoms with Crippen molar-refractivity contribution in [2.24, 2.45) is 16.8 Å². The van der Waals surface area contributed by atoms with Crippen LogP contribution in [0.15, 0.2) is 40.3 Å². The Morgan fingerprint density at radius 1 is 1.42 bits per heavy atom. The summed E-state index contributed by atoms with van der Waals surface area (Å²) in [6.45, 7) is 3.66. The maximum absolute atomic E-state index is 13.1. The van der Waals surface area contributed by atoms with Crippen molar-refractivity contribution in [1.29, 1.82) is 0 Å². The number of ether oxygens (including phenoxy) is 2. The lowest BCUT2D eigenvalue weighted by Gasteiger charge is -2.25. The fraction of sp³-hybridized carbons (Fsp3) is 0.381. The number of aliphatic hydroxyl groups is 1. The van der Waals surface area contributed by atoms with Gasteiger partial charge in [0.1, 0.15) is 17.3 Å². The third-order valence-electron chi connectivity index (χ3n) is 5.07. The lowest BCUT2D eigenvalue weighted by molar-refractivity contribution is 0.102. The van der Waals surface area contributed by atoms with E-state index in [-0.39, 0.29) is 18.3 Å². The summed E-state index contributed by atoms with van der Waals surface area (Å²) < 4.78 is 12.8. The average molecular weight is 476 g/mol. The van der Waals surface area contributed by atoms with Crippen LogP contribution >= 0.6 is 11.9 Å². The molecule has 33 heavy (non-hydrogen) atoms. The highest BCUT2D eigenvalue weighted by molar-refractivity contribution is 7.97. The van der Waals surface area contributed by atoms with Gasteiger partial charge in [-0.05, 0) is 48.7 Å². The third-order valence-corrected chi connectivity index (χ3v) is 6.22. The Bertz CT molecular complexity index is 1020. The number of benzene rings is 1. The number of nitrogens with one attached hydrogen (secondary N) is 1. The van der Waals surface area contributed by atoms with Crippen molar-refractivity contribution in [3.05, 3.63) is 47.2 Å². The molecule has 1 aliphatic heterocycles. The van der Waals surface area contributed by atoms with Crippen LogP contribution < -0.4 is 21.7 Å². The molecule has 1 amide bonds. The highest BCUT2D eigenvalue weighted by Crippen LogP contribution is 2.39. The zero-order valence-electron chi connectivity index (χ0n) is 18.8.